The SMILES string of the molecule is COCCOc1ncccc1C(=O)Nc1nc(-c2cc(OC)ccc2OC)cs1. The molecule has 1 amide bonds. The van der Waals surface area contributed by atoms with Gasteiger partial charge in [0.05, 0.1) is 26.5 Å². The van der Waals surface area contributed by atoms with Crippen LogP contribution < -0.4 is 19.5 Å². The van der Waals surface area contributed by atoms with Crippen molar-refractivity contribution < 1.29 is 23.7 Å². The first-order chi connectivity index (χ1) is 14.2. The maximum absolute atomic E-state index is 12.7. The Morgan fingerprint density at radius 1 is 1.14 bits per heavy atom. The third kappa shape index (κ3) is 5.01. The molecule has 1 aromatic carbocycles. The summed E-state index contributed by atoms with van der Waals surface area (Å²) in [4.78, 5) is 21.3. The number of carbonyl (C=O) groups is 1. The van der Waals surface area contributed by atoms with Crippen molar-refractivity contribution in [1.29, 1.82) is 0 Å². The molecule has 9 heteroatoms. The molecule has 152 valence electrons. The molecule has 0 aliphatic rings. The van der Waals surface area contributed by atoms with Crippen molar-refractivity contribution in [3.05, 3.63) is 47.5 Å². The van der Waals surface area contributed by atoms with E-state index in [1.54, 1.807) is 39.7 Å². The van der Waals surface area contributed by atoms with E-state index in [0.717, 1.165) is 5.56 Å². The summed E-state index contributed by atoms with van der Waals surface area (Å²) in [5, 5.41) is 5.08. The minimum Gasteiger partial charge on any atom is -0.497 e. The lowest BCUT2D eigenvalue weighted by molar-refractivity contribution is 0.101. The topological polar surface area (TPSA) is 91.8 Å². The van der Waals surface area contributed by atoms with Crippen LogP contribution in [-0.2, 0) is 4.74 Å². The fourth-order valence-electron chi connectivity index (χ4n) is 2.53. The highest BCUT2D eigenvalue weighted by atomic mass is 32.1. The van der Waals surface area contributed by atoms with Gasteiger partial charge in [-0.3, -0.25) is 10.1 Å². The lowest BCUT2D eigenvalue weighted by Crippen LogP contribution is -2.15. The highest BCUT2D eigenvalue weighted by molar-refractivity contribution is 7.14. The summed E-state index contributed by atoms with van der Waals surface area (Å²) in [5.41, 5.74) is 1.76. The molecular weight excluding hydrogens is 394 g/mol. The van der Waals surface area contributed by atoms with Gasteiger partial charge in [-0.15, -0.1) is 11.3 Å². The fourth-order valence-corrected chi connectivity index (χ4v) is 3.24. The first-order valence-electron chi connectivity index (χ1n) is 8.72. The largest absolute Gasteiger partial charge is 0.497 e. The summed E-state index contributed by atoms with van der Waals surface area (Å²) in [7, 11) is 4.76. The minimum atomic E-state index is -0.357. The van der Waals surface area contributed by atoms with E-state index in [1.165, 1.54) is 11.3 Å². The Kier molecular flexibility index (Phi) is 6.99. The van der Waals surface area contributed by atoms with Gasteiger partial charge in [-0.05, 0) is 30.3 Å². The van der Waals surface area contributed by atoms with Gasteiger partial charge in [0.2, 0.25) is 5.88 Å². The van der Waals surface area contributed by atoms with Gasteiger partial charge in [0, 0.05) is 24.3 Å². The molecule has 0 aliphatic carbocycles. The van der Waals surface area contributed by atoms with Gasteiger partial charge < -0.3 is 18.9 Å². The third-order valence-electron chi connectivity index (χ3n) is 3.95. The van der Waals surface area contributed by atoms with Crippen molar-refractivity contribution in [2.75, 3.05) is 39.9 Å². The molecule has 3 rings (SSSR count). The standard InChI is InChI=1S/C20H21N3O5S/c1-25-9-10-28-19-14(5-4-8-21-19)18(24)23-20-22-16(12-29-20)15-11-13(26-2)6-7-17(15)27-3/h4-8,11-12H,9-10H2,1-3H3,(H,22,23,24). The van der Waals surface area contributed by atoms with Crippen LogP contribution in [0.3, 0.4) is 0 Å². The number of hydrogen-bond donors (Lipinski definition) is 1. The summed E-state index contributed by atoms with van der Waals surface area (Å²) in [5.74, 6) is 1.24. The lowest BCUT2D eigenvalue weighted by Gasteiger charge is -2.09. The van der Waals surface area contributed by atoms with E-state index in [0.29, 0.717) is 41.1 Å². The predicted molar refractivity (Wildman–Crippen MR) is 110 cm³/mol. The number of ether oxygens (including phenoxy) is 4. The van der Waals surface area contributed by atoms with Gasteiger partial charge in [-0.25, -0.2) is 9.97 Å². The van der Waals surface area contributed by atoms with E-state index >= 15 is 0 Å². The highest BCUT2D eigenvalue weighted by Gasteiger charge is 2.17. The van der Waals surface area contributed by atoms with E-state index in [9.17, 15) is 4.79 Å². The normalized spacial score (nSPS) is 10.4. The second-order valence-corrected chi connectivity index (χ2v) is 6.61. The number of methoxy groups -OCH3 is 3. The Hall–Kier alpha value is -3.17. The number of benzene rings is 1. The molecule has 0 saturated carbocycles. The number of carbonyl (C=O) groups excluding carboxylic acids is 1. The lowest BCUT2D eigenvalue weighted by atomic mass is 10.1. The number of nitrogens with zero attached hydrogens (tertiary/aromatic N) is 2. The van der Waals surface area contributed by atoms with Crippen molar-refractivity contribution in [1.82, 2.24) is 9.97 Å². The Bertz CT molecular complexity index is 976. The van der Waals surface area contributed by atoms with Crippen LogP contribution in [-0.4, -0.2) is 50.4 Å². The first kappa shape index (κ1) is 20.6. The molecule has 3 aromatic rings. The molecule has 0 atom stereocenters. The van der Waals surface area contributed by atoms with Crippen molar-refractivity contribution in [2.45, 2.75) is 0 Å². The van der Waals surface area contributed by atoms with E-state index in [2.05, 4.69) is 15.3 Å². The number of anilines is 1. The monoisotopic (exact) mass is 415 g/mol. The van der Waals surface area contributed by atoms with Gasteiger partial charge in [0.1, 0.15) is 23.7 Å². The van der Waals surface area contributed by atoms with Gasteiger partial charge in [0.15, 0.2) is 5.13 Å². The summed E-state index contributed by atoms with van der Waals surface area (Å²) in [6.45, 7) is 0.695. The zero-order chi connectivity index (χ0) is 20.6. The molecule has 0 saturated heterocycles. The Balaban J connectivity index is 1.78. The van der Waals surface area contributed by atoms with Crippen LogP contribution in [0.15, 0.2) is 41.9 Å². The summed E-state index contributed by atoms with van der Waals surface area (Å²) < 4.78 is 21.2. The summed E-state index contributed by atoms with van der Waals surface area (Å²) in [6.07, 6.45) is 1.56. The number of nitrogens with one attached hydrogen (secondary N) is 1. The van der Waals surface area contributed by atoms with E-state index in [4.69, 9.17) is 18.9 Å². The summed E-state index contributed by atoms with van der Waals surface area (Å²) in [6, 6.07) is 8.77. The van der Waals surface area contributed by atoms with Crippen LogP contribution in [0.5, 0.6) is 17.4 Å². The number of thiazole rings is 1. The molecule has 2 aromatic heterocycles. The van der Waals surface area contributed by atoms with E-state index < -0.39 is 0 Å². The maximum Gasteiger partial charge on any atom is 0.262 e. The zero-order valence-electron chi connectivity index (χ0n) is 16.3. The Morgan fingerprint density at radius 2 is 2.00 bits per heavy atom. The van der Waals surface area contributed by atoms with Crippen molar-refractivity contribution in [3.63, 3.8) is 0 Å². The van der Waals surface area contributed by atoms with Crippen molar-refractivity contribution in [2.24, 2.45) is 0 Å². The average Bonchev–Trinajstić information content (AvgIpc) is 3.22. The van der Waals surface area contributed by atoms with Crippen molar-refractivity contribution >= 4 is 22.4 Å². The van der Waals surface area contributed by atoms with Gasteiger partial charge in [0.25, 0.3) is 5.91 Å². The minimum absolute atomic E-state index is 0.244. The predicted octanol–water partition coefficient (Wildman–Crippen LogP) is 3.50. The maximum atomic E-state index is 12.7. The van der Waals surface area contributed by atoms with Crippen LogP contribution in [0.1, 0.15) is 10.4 Å². The third-order valence-corrected chi connectivity index (χ3v) is 4.71. The van der Waals surface area contributed by atoms with Crippen LogP contribution in [0.4, 0.5) is 5.13 Å². The zero-order valence-corrected chi connectivity index (χ0v) is 17.1. The van der Waals surface area contributed by atoms with Gasteiger partial charge in [-0.2, -0.15) is 0 Å². The summed E-state index contributed by atoms with van der Waals surface area (Å²) >= 11 is 1.31. The Labute approximate surface area is 172 Å². The molecule has 2 heterocycles. The number of amides is 1. The smallest absolute Gasteiger partial charge is 0.262 e. The molecule has 0 fully saturated rings. The molecule has 0 bridgehead atoms. The number of aromatic nitrogens is 2. The molecular formula is C20H21N3O5S. The van der Waals surface area contributed by atoms with Crippen LogP contribution in [0.2, 0.25) is 0 Å². The van der Waals surface area contributed by atoms with Crippen LogP contribution in [0.25, 0.3) is 11.3 Å². The van der Waals surface area contributed by atoms with Gasteiger partial charge >= 0.3 is 0 Å². The van der Waals surface area contributed by atoms with Crippen LogP contribution >= 0.6 is 11.3 Å². The molecule has 29 heavy (non-hydrogen) atoms. The molecule has 0 radical (unpaired) electrons. The fraction of sp³-hybridized carbons (Fsp3) is 0.250. The second-order valence-electron chi connectivity index (χ2n) is 5.76. The molecule has 0 aliphatic heterocycles. The number of pyridine rings is 1. The average molecular weight is 415 g/mol. The quantitative estimate of drug-likeness (QED) is 0.535. The van der Waals surface area contributed by atoms with Crippen molar-refractivity contribution in [3.8, 4) is 28.6 Å². The second kappa shape index (κ2) is 9.85. The molecule has 0 spiro atoms. The molecule has 1 N–H and O–H groups in total. The van der Waals surface area contributed by atoms with Crippen LogP contribution in [0, 0.1) is 0 Å². The molecule has 0 unspecified atom stereocenters. The van der Waals surface area contributed by atoms with E-state index in [-0.39, 0.29) is 11.8 Å². The molecule has 8 nitrogen and oxygen atoms in total. The van der Waals surface area contributed by atoms with Gasteiger partial charge in [-0.1, -0.05) is 0 Å². The Morgan fingerprint density at radius 3 is 2.76 bits per heavy atom. The van der Waals surface area contributed by atoms with E-state index in [1.807, 2.05) is 23.6 Å². The number of rotatable bonds is 9. The first-order valence-corrected chi connectivity index (χ1v) is 9.60. The number of hydrogen-bond acceptors (Lipinski definition) is 8. The highest BCUT2D eigenvalue weighted by Crippen LogP contribution is 2.35.